The zero-order valence-corrected chi connectivity index (χ0v) is 12.7. The van der Waals surface area contributed by atoms with Gasteiger partial charge < -0.3 is 4.74 Å². The molecule has 20 heavy (non-hydrogen) atoms. The van der Waals surface area contributed by atoms with Crippen LogP contribution in [0.4, 0.5) is 0 Å². The maximum atomic E-state index is 12.4. The predicted octanol–water partition coefficient (Wildman–Crippen LogP) is 2.91. The molecule has 0 aliphatic rings. The van der Waals surface area contributed by atoms with Gasteiger partial charge in [0.15, 0.2) is 5.78 Å². The van der Waals surface area contributed by atoms with Crippen LogP contribution < -0.4 is 0 Å². The van der Waals surface area contributed by atoms with Crippen molar-refractivity contribution in [3.63, 3.8) is 0 Å². The predicted molar refractivity (Wildman–Crippen MR) is 76.1 cm³/mol. The summed E-state index contributed by atoms with van der Waals surface area (Å²) in [6.45, 7) is 6.60. The molecule has 0 heterocycles. The third-order valence-corrected chi connectivity index (χ3v) is 3.23. The van der Waals surface area contributed by atoms with Gasteiger partial charge in [0.1, 0.15) is 0 Å². The van der Waals surface area contributed by atoms with Crippen molar-refractivity contribution in [2.45, 2.75) is 27.7 Å². The van der Waals surface area contributed by atoms with Crippen LogP contribution in [0.3, 0.4) is 0 Å². The number of ether oxygens (including phenoxy) is 1. The number of ketones is 2. The number of halogens is 1. The van der Waals surface area contributed by atoms with Gasteiger partial charge in [-0.15, -0.1) is 0 Å². The van der Waals surface area contributed by atoms with Crippen LogP contribution in [0.2, 0.25) is 5.02 Å². The molecule has 5 heteroatoms. The summed E-state index contributed by atoms with van der Waals surface area (Å²) in [5.41, 5.74) is 1.80. The smallest absolute Gasteiger partial charge is 0.375 e. The normalized spacial score (nSPS) is 11.8. The van der Waals surface area contributed by atoms with Crippen molar-refractivity contribution in [2.24, 2.45) is 5.92 Å². The molecule has 1 unspecified atom stereocenters. The van der Waals surface area contributed by atoms with Crippen LogP contribution in [0.1, 0.15) is 35.3 Å². The topological polar surface area (TPSA) is 60.4 Å². The summed E-state index contributed by atoms with van der Waals surface area (Å²) in [4.78, 5) is 35.6. The van der Waals surface area contributed by atoms with E-state index in [0.29, 0.717) is 21.7 Å². The summed E-state index contributed by atoms with van der Waals surface area (Å²) in [6.07, 6.45) is 0. The molecule has 0 bridgehead atoms. The average molecular weight is 297 g/mol. The molecular formula is C15H17ClO4. The van der Waals surface area contributed by atoms with Crippen LogP contribution in [0.5, 0.6) is 0 Å². The SMILES string of the molecule is CCOC(=O)C(=O)C(C)C(=O)c1c(C)cc(Cl)cc1C. The van der Waals surface area contributed by atoms with Crippen molar-refractivity contribution in [2.75, 3.05) is 6.61 Å². The van der Waals surface area contributed by atoms with Crippen LogP contribution in [-0.2, 0) is 14.3 Å². The maximum Gasteiger partial charge on any atom is 0.375 e. The number of aryl methyl sites for hydroxylation is 2. The summed E-state index contributed by atoms with van der Waals surface area (Å²) in [5, 5.41) is 0.529. The first-order valence-electron chi connectivity index (χ1n) is 6.31. The number of hydrogen-bond donors (Lipinski definition) is 0. The summed E-state index contributed by atoms with van der Waals surface area (Å²) in [7, 11) is 0. The summed E-state index contributed by atoms with van der Waals surface area (Å²) < 4.78 is 4.63. The van der Waals surface area contributed by atoms with E-state index < -0.39 is 23.5 Å². The zero-order valence-electron chi connectivity index (χ0n) is 12.0. The van der Waals surface area contributed by atoms with Crippen molar-refractivity contribution in [1.29, 1.82) is 0 Å². The molecule has 0 spiro atoms. The number of benzene rings is 1. The van der Waals surface area contributed by atoms with Gasteiger partial charge in [0.25, 0.3) is 5.78 Å². The van der Waals surface area contributed by atoms with Gasteiger partial charge in [-0.25, -0.2) is 4.79 Å². The Morgan fingerprint density at radius 1 is 1.20 bits per heavy atom. The number of carbonyl (C=O) groups is 3. The molecular weight excluding hydrogens is 280 g/mol. The molecule has 4 nitrogen and oxygen atoms in total. The van der Waals surface area contributed by atoms with E-state index >= 15 is 0 Å². The van der Waals surface area contributed by atoms with E-state index in [2.05, 4.69) is 4.74 Å². The van der Waals surface area contributed by atoms with Crippen LogP contribution in [0, 0.1) is 19.8 Å². The van der Waals surface area contributed by atoms with Crippen LogP contribution in [-0.4, -0.2) is 24.1 Å². The Hall–Kier alpha value is -1.68. The Labute approximate surface area is 123 Å². The van der Waals surface area contributed by atoms with Gasteiger partial charge in [-0.1, -0.05) is 11.6 Å². The molecule has 0 radical (unpaired) electrons. The maximum absolute atomic E-state index is 12.4. The first-order valence-corrected chi connectivity index (χ1v) is 6.69. The summed E-state index contributed by atoms with van der Waals surface area (Å²) >= 11 is 5.91. The monoisotopic (exact) mass is 296 g/mol. The summed E-state index contributed by atoms with van der Waals surface area (Å²) in [6, 6.07) is 3.31. The number of hydrogen-bond acceptors (Lipinski definition) is 4. The van der Waals surface area contributed by atoms with Gasteiger partial charge in [-0.05, 0) is 51.0 Å². The van der Waals surface area contributed by atoms with Gasteiger partial charge in [0.05, 0.1) is 12.5 Å². The van der Waals surface area contributed by atoms with E-state index in [1.54, 1.807) is 32.9 Å². The molecule has 0 N–H and O–H groups in total. The Bertz CT molecular complexity index is 540. The van der Waals surface area contributed by atoms with E-state index in [1.165, 1.54) is 6.92 Å². The van der Waals surface area contributed by atoms with E-state index in [0.717, 1.165) is 0 Å². The Kier molecular flexibility index (Phi) is 5.45. The number of Topliss-reactive ketones (excluding diaryl/α,β-unsaturated/α-hetero) is 2. The lowest BCUT2D eigenvalue weighted by molar-refractivity contribution is -0.154. The molecule has 1 aromatic carbocycles. The minimum absolute atomic E-state index is 0.102. The highest BCUT2D eigenvalue weighted by Crippen LogP contribution is 2.23. The van der Waals surface area contributed by atoms with Crippen molar-refractivity contribution in [3.8, 4) is 0 Å². The number of rotatable bonds is 5. The lowest BCUT2D eigenvalue weighted by atomic mass is 9.90. The fourth-order valence-corrected chi connectivity index (χ4v) is 2.34. The van der Waals surface area contributed by atoms with Crippen LogP contribution in [0.25, 0.3) is 0 Å². The first-order chi connectivity index (χ1) is 9.29. The molecule has 1 atom stereocenters. The fraction of sp³-hybridized carbons (Fsp3) is 0.400. The molecule has 0 amide bonds. The van der Waals surface area contributed by atoms with E-state index in [9.17, 15) is 14.4 Å². The van der Waals surface area contributed by atoms with E-state index in [1.807, 2.05) is 0 Å². The molecule has 0 aliphatic heterocycles. The molecule has 1 rings (SSSR count). The number of carbonyl (C=O) groups excluding carboxylic acids is 3. The third kappa shape index (κ3) is 3.45. The minimum atomic E-state index is -1.06. The van der Waals surface area contributed by atoms with Gasteiger partial charge >= 0.3 is 5.97 Å². The third-order valence-electron chi connectivity index (χ3n) is 3.01. The number of esters is 1. The van der Waals surface area contributed by atoms with E-state index in [4.69, 9.17) is 11.6 Å². The highest BCUT2D eigenvalue weighted by atomic mass is 35.5. The van der Waals surface area contributed by atoms with Gasteiger partial charge in [-0.2, -0.15) is 0 Å². The quantitative estimate of drug-likeness (QED) is 0.363. The highest BCUT2D eigenvalue weighted by molar-refractivity contribution is 6.39. The van der Waals surface area contributed by atoms with Crippen LogP contribution in [0.15, 0.2) is 12.1 Å². The molecule has 0 aliphatic carbocycles. The lowest BCUT2D eigenvalue weighted by Crippen LogP contribution is -2.30. The minimum Gasteiger partial charge on any atom is -0.460 e. The van der Waals surface area contributed by atoms with Gasteiger partial charge in [0, 0.05) is 10.6 Å². The molecule has 0 saturated carbocycles. The zero-order chi connectivity index (χ0) is 15.4. The second-order valence-corrected chi connectivity index (χ2v) is 5.02. The second-order valence-electron chi connectivity index (χ2n) is 4.59. The van der Waals surface area contributed by atoms with Crippen molar-refractivity contribution >= 4 is 29.1 Å². The fourth-order valence-electron chi connectivity index (χ4n) is 2.01. The highest BCUT2D eigenvalue weighted by Gasteiger charge is 2.30. The Morgan fingerprint density at radius 3 is 2.15 bits per heavy atom. The largest absolute Gasteiger partial charge is 0.460 e. The van der Waals surface area contributed by atoms with Crippen molar-refractivity contribution in [3.05, 3.63) is 33.8 Å². The molecule has 0 fully saturated rings. The summed E-state index contributed by atoms with van der Waals surface area (Å²) in [5.74, 6) is -3.26. The van der Waals surface area contributed by atoms with Gasteiger partial charge in [0.2, 0.25) is 0 Å². The van der Waals surface area contributed by atoms with E-state index in [-0.39, 0.29) is 6.61 Å². The van der Waals surface area contributed by atoms with Gasteiger partial charge in [-0.3, -0.25) is 9.59 Å². The van der Waals surface area contributed by atoms with Crippen LogP contribution >= 0.6 is 11.6 Å². The standard InChI is InChI=1S/C15H17ClO4/c1-5-20-15(19)14(18)10(4)13(17)12-8(2)6-11(16)7-9(12)3/h6-7,10H,5H2,1-4H3. The average Bonchev–Trinajstić information content (AvgIpc) is 2.35. The molecule has 0 saturated heterocycles. The molecule has 108 valence electrons. The lowest BCUT2D eigenvalue weighted by Gasteiger charge is -2.13. The first kappa shape index (κ1) is 16.4. The van der Waals surface area contributed by atoms with Crippen molar-refractivity contribution < 1.29 is 19.1 Å². The molecule has 0 aromatic heterocycles. The Balaban J connectivity index is 3.07. The second kappa shape index (κ2) is 6.66. The Morgan fingerprint density at radius 2 is 1.70 bits per heavy atom. The molecule has 1 aromatic rings. The van der Waals surface area contributed by atoms with Crippen molar-refractivity contribution in [1.82, 2.24) is 0 Å².